The Balaban J connectivity index is 1.77. The van der Waals surface area contributed by atoms with E-state index in [9.17, 15) is 46.4 Å². The highest BCUT2D eigenvalue weighted by Crippen LogP contribution is 2.65. The lowest BCUT2D eigenvalue weighted by Crippen LogP contribution is -2.57. The van der Waals surface area contributed by atoms with Gasteiger partial charge in [-0.05, 0) is 42.9 Å². The van der Waals surface area contributed by atoms with Crippen LogP contribution in [0.1, 0.15) is 46.0 Å². The van der Waals surface area contributed by atoms with E-state index in [1.165, 1.54) is 0 Å². The molecule has 2 saturated heterocycles. The summed E-state index contributed by atoms with van der Waals surface area (Å²) in [5, 5.41) is 16.3. The van der Waals surface area contributed by atoms with Crippen LogP contribution in [0.25, 0.3) is 0 Å². The van der Waals surface area contributed by atoms with Gasteiger partial charge >= 0.3 is 12.1 Å². The van der Waals surface area contributed by atoms with E-state index in [-0.39, 0.29) is 42.5 Å². The van der Waals surface area contributed by atoms with Crippen molar-refractivity contribution in [1.29, 1.82) is 5.26 Å². The van der Waals surface area contributed by atoms with Crippen LogP contribution in [0.3, 0.4) is 0 Å². The minimum Gasteiger partial charge on any atom is -0.356 e. The van der Waals surface area contributed by atoms with Crippen LogP contribution >= 0.6 is 0 Å². The normalized spacial score (nSPS) is 27.6. The number of rotatable bonds is 10. The van der Waals surface area contributed by atoms with Gasteiger partial charge in [-0.15, -0.1) is 0 Å². The average Bonchev–Trinajstić information content (AvgIpc) is 3.16. The third kappa shape index (κ3) is 6.30. The molecule has 6 atom stereocenters. The maximum Gasteiger partial charge on any atom is 0.471 e. The Kier molecular flexibility index (Phi) is 8.34. The van der Waals surface area contributed by atoms with Gasteiger partial charge in [0.05, 0.1) is 6.07 Å². The predicted molar refractivity (Wildman–Crippen MR) is 117 cm³/mol. The number of carbonyl (C=O) groups is 4. The first-order valence-corrected chi connectivity index (χ1v) is 12.1. The van der Waals surface area contributed by atoms with E-state index in [0.29, 0.717) is 13.0 Å². The standard InChI is InChI=1S/C23H30F5N5O4/c1-22(2)13-10-33(20(36)14(4-3-5-15(24)25)32-21(37)23(26,27)28)17(16(13)22)19(35)31-12(9-29)8-11-6-7-30-18(11)34/h11-17H,3-8,10H2,1-2H3,(H,30,34)(H,31,35)(H,32,37)/t11-,12-,13-,14-,16-,17-/m0/s1. The van der Waals surface area contributed by atoms with E-state index in [2.05, 4.69) is 10.6 Å². The molecule has 14 heteroatoms. The quantitative estimate of drug-likeness (QED) is 0.365. The topological polar surface area (TPSA) is 131 Å². The molecule has 3 aliphatic rings. The average molecular weight is 536 g/mol. The molecule has 0 aromatic carbocycles. The molecule has 0 aromatic rings. The van der Waals surface area contributed by atoms with Crippen molar-refractivity contribution in [3.05, 3.63) is 0 Å². The first-order valence-electron chi connectivity index (χ1n) is 12.1. The van der Waals surface area contributed by atoms with E-state index in [0.717, 1.165) is 4.90 Å². The fraction of sp³-hybridized carbons (Fsp3) is 0.783. The van der Waals surface area contributed by atoms with Crippen LogP contribution < -0.4 is 16.0 Å². The maximum atomic E-state index is 13.3. The lowest BCUT2D eigenvalue weighted by Gasteiger charge is -2.33. The highest BCUT2D eigenvalue weighted by Gasteiger charge is 2.69. The molecule has 0 spiro atoms. The van der Waals surface area contributed by atoms with Crippen LogP contribution in [0.5, 0.6) is 0 Å². The SMILES string of the molecule is CC1(C)[C@@H]2[C@@H](C(=O)N[C@H](C#N)C[C@@H]3CCNC3=O)N(C(=O)[C@H](CCCC(F)F)NC(=O)C(F)(F)F)C[C@@H]21. The van der Waals surface area contributed by atoms with E-state index in [4.69, 9.17) is 0 Å². The lowest BCUT2D eigenvalue weighted by atomic mass is 9.97. The molecular formula is C23H30F5N5O4. The number of hydrogen-bond donors (Lipinski definition) is 3. The number of piperidine rings is 1. The third-order valence-electron chi connectivity index (χ3n) is 7.69. The zero-order valence-electron chi connectivity index (χ0n) is 20.4. The zero-order valence-corrected chi connectivity index (χ0v) is 20.4. The van der Waals surface area contributed by atoms with E-state index >= 15 is 0 Å². The predicted octanol–water partition coefficient (Wildman–Crippen LogP) is 1.49. The fourth-order valence-corrected chi connectivity index (χ4v) is 5.54. The highest BCUT2D eigenvalue weighted by atomic mass is 19.4. The number of nitrogens with one attached hydrogen (secondary N) is 3. The van der Waals surface area contributed by atoms with Gasteiger partial charge in [-0.25, -0.2) is 8.78 Å². The van der Waals surface area contributed by atoms with Crippen LogP contribution in [-0.2, 0) is 19.2 Å². The van der Waals surface area contributed by atoms with Gasteiger partial charge in [0.2, 0.25) is 24.1 Å². The zero-order chi connectivity index (χ0) is 27.7. The lowest BCUT2D eigenvalue weighted by molar-refractivity contribution is -0.175. The smallest absolute Gasteiger partial charge is 0.356 e. The maximum absolute atomic E-state index is 13.3. The second-order valence-corrected chi connectivity index (χ2v) is 10.4. The van der Waals surface area contributed by atoms with Crippen LogP contribution in [0.4, 0.5) is 22.0 Å². The second kappa shape index (κ2) is 10.8. The van der Waals surface area contributed by atoms with Crippen LogP contribution in [0.15, 0.2) is 0 Å². The Morgan fingerprint density at radius 3 is 2.43 bits per heavy atom. The minimum absolute atomic E-state index is 0.0318. The summed E-state index contributed by atoms with van der Waals surface area (Å²) in [4.78, 5) is 51.1. The second-order valence-electron chi connectivity index (χ2n) is 10.4. The molecule has 3 N–H and O–H groups in total. The number of hydrogen-bond acceptors (Lipinski definition) is 5. The van der Waals surface area contributed by atoms with Crippen LogP contribution in [-0.4, -0.2) is 72.3 Å². The molecule has 4 amide bonds. The summed E-state index contributed by atoms with van der Waals surface area (Å²) < 4.78 is 63.8. The molecule has 1 aliphatic carbocycles. The molecule has 2 aliphatic heterocycles. The fourth-order valence-electron chi connectivity index (χ4n) is 5.54. The van der Waals surface area contributed by atoms with Gasteiger partial charge in [0.15, 0.2) is 0 Å². The van der Waals surface area contributed by atoms with E-state index < -0.39 is 67.2 Å². The van der Waals surface area contributed by atoms with Gasteiger partial charge in [0.25, 0.3) is 0 Å². The van der Waals surface area contributed by atoms with Gasteiger partial charge in [-0.2, -0.15) is 18.4 Å². The number of carbonyl (C=O) groups excluding carboxylic acids is 4. The molecule has 9 nitrogen and oxygen atoms in total. The monoisotopic (exact) mass is 535 g/mol. The van der Waals surface area contributed by atoms with E-state index in [1.807, 2.05) is 19.9 Å². The number of amides is 4. The van der Waals surface area contributed by atoms with Gasteiger partial charge in [0, 0.05) is 25.4 Å². The van der Waals surface area contributed by atoms with Crippen molar-refractivity contribution in [2.75, 3.05) is 13.1 Å². The summed E-state index contributed by atoms with van der Waals surface area (Å²) in [5.74, 6) is -5.23. The molecule has 3 fully saturated rings. The molecular weight excluding hydrogens is 505 g/mol. The van der Waals surface area contributed by atoms with Crippen molar-refractivity contribution < 1.29 is 41.1 Å². The van der Waals surface area contributed by atoms with E-state index in [1.54, 1.807) is 5.32 Å². The summed E-state index contributed by atoms with van der Waals surface area (Å²) in [5.41, 5.74) is -0.355. The summed E-state index contributed by atoms with van der Waals surface area (Å²) in [6, 6.07) is -1.98. The molecule has 0 aromatic heterocycles. The molecule has 0 unspecified atom stereocenters. The largest absolute Gasteiger partial charge is 0.471 e. The van der Waals surface area contributed by atoms with Crippen LogP contribution in [0.2, 0.25) is 0 Å². The third-order valence-corrected chi connectivity index (χ3v) is 7.69. The number of halogens is 5. The van der Waals surface area contributed by atoms with Gasteiger partial charge in [0.1, 0.15) is 18.1 Å². The first-order chi connectivity index (χ1) is 17.2. The van der Waals surface area contributed by atoms with Crippen molar-refractivity contribution in [3.63, 3.8) is 0 Å². The minimum atomic E-state index is -5.29. The Labute approximate surface area is 210 Å². The Hall–Kier alpha value is -2.98. The molecule has 2 heterocycles. The Bertz CT molecular complexity index is 966. The molecule has 206 valence electrons. The molecule has 0 radical (unpaired) electrons. The summed E-state index contributed by atoms with van der Waals surface area (Å²) in [6.45, 7) is 4.24. The van der Waals surface area contributed by atoms with Gasteiger partial charge in [-0.1, -0.05) is 13.8 Å². The number of nitrogens with zero attached hydrogens (tertiary/aromatic N) is 2. The van der Waals surface area contributed by atoms with Crippen molar-refractivity contribution in [2.24, 2.45) is 23.2 Å². The van der Waals surface area contributed by atoms with Crippen molar-refractivity contribution in [1.82, 2.24) is 20.9 Å². The number of likely N-dealkylation sites (tertiary alicyclic amines) is 1. The Morgan fingerprint density at radius 1 is 1.22 bits per heavy atom. The first kappa shape index (κ1) is 28.6. The molecule has 0 bridgehead atoms. The summed E-state index contributed by atoms with van der Waals surface area (Å²) in [6.07, 6.45) is -8.94. The van der Waals surface area contributed by atoms with Crippen LogP contribution in [0, 0.1) is 34.5 Å². The number of fused-ring (bicyclic) bond motifs is 1. The summed E-state index contributed by atoms with van der Waals surface area (Å²) >= 11 is 0. The number of alkyl halides is 5. The Morgan fingerprint density at radius 2 is 1.89 bits per heavy atom. The van der Waals surface area contributed by atoms with Crippen molar-refractivity contribution in [3.8, 4) is 6.07 Å². The molecule has 37 heavy (non-hydrogen) atoms. The number of nitriles is 1. The van der Waals surface area contributed by atoms with Crippen molar-refractivity contribution >= 4 is 23.6 Å². The molecule has 1 saturated carbocycles. The van der Waals surface area contributed by atoms with Crippen molar-refractivity contribution in [2.45, 2.75) is 76.7 Å². The highest BCUT2D eigenvalue weighted by molar-refractivity contribution is 5.94. The molecule has 3 rings (SSSR count). The van der Waals surface area contributed by atoms with Gasteiger partial charge < -0.3 is 20.9 Å². The summed E-state index contributed by atoms with van der Waals surface area (Å²) in [7, 11) is 0. The van der Waals surface area contributed by atoms with Gasteiger partial charge in [-0.3, -0.25) is 19.2 Å².